The molecule has 2 aromatic carbocycles. The minimum absolute atomic E-state index is 0.260. The van der Waals surface area contributed by atoms with E-state index in [1.807, 2.05) is 49.9 Å². The van der Waals surface area contributed by atoms with Crippen LogP contribution in [0.2, 0.25) is 0 Å². The van der Waals surface area contributed by atoms with Gasteiger partial charge < -0.3 is 48.4 Å². The molecule has 2 saturated carbocycles. The number of aliphatic hydroxyl groups is 2. The Hall–Kier alpha value is -5.16. The van der Waals surface area contributed by atoms with Crippen molar-refractivity contribution < 1.29 is 57.8 Å². The first-order valence-corrected chi connectivity index (χ1v) is 23.6. The number of methoxy groups -OCH3 is 4. The zero-order chi connectivity index (χ0) is 48.0. The highest BCUT2D eigenvalue weighted by Crippen LogP contribution is 2.70. The number of anilines is 2. The van der Waals surface area contributed by atoms with Crippen LogP contribution in [0.15, 0.2) is 48.6 Å². The van der Waals surface area contributed by atoms with E-state index in [4.69, 9.17) is 28.4 Å². The summed E-state index contributed by atoms with van der Waals surface area (Å²) in [6, 6.07) is 6.04. The van der Waals surface area contributed by atoms with E-state index in [0.29, 0.717) is 69.8 Å². The molecule has 2 saturated heterocycles. The molecule has 8 aliphatic rings. The summed E-state index contributed by atoms with van der Waals surface area (Å²) in [7, 11) is 9.51. The number of hydrogen-bond donors (Lipinski definition) is 2. The molecule has 6 heterocycles. The molecule has 4 fully saturated rings. The third kappa shape index (κ3) is 5.33. The first-order valence-electron chi connectivity index (χ1n) is 23.6. The van der Waals surface area contributed by atoms with Crippen molar-refractivity contribution in [1.82, 2.24) is 9.80 Å². The minimum Gasteiger partial charge on any atom is -0.496 e. The molecular formula is C51H64N4O12. The minimum atomic E-state index is -2.27. The lowest BCUT2D eigenvalue weighted by Gasteiger charge is -2.63. The number of rotatable bonds is 10. The zero-order valence-corrected chi connectivity index (χ0v) is 40.2. The van der Waals surface area contributed by atoms with Gasteiger partial charge in [0.1, 0.15) is 11.5 Å². The number of ether oxygens (including phenoxy) is 6. The Morgan fingerprint density at radius 3 is 1.34 bits per heavy atom. The van der Waals surface area contributed by atoms with Crippen molar-refractivity contribution in [3.05, 3.63) is 70.8 Å². The van der Waals surface area contributed by atoms with Crippen LogP contribution in [-0.4, -0.2) is 160 Å². The van der Waals surface area contributed by atoms with Crippen molar-refractivity contribution in [2.45, 2.75) is 118 Å². The van der Waals surface area contributed by atoms with E-state index in [0.717, 1.165) is 33.6 Å². The van der Waals surface area contributed by atoms with Crippen LogP contribution in [0, 0.1) is 10.8 Å². The second-order valence-electron chi connectivity index (χ2n) is 20.3. The van der Waals surface area contributed by atoms with Crippen LogP contribution >= 0.6 is 0 Å². The van der Waals surface area contributed by atoms with Gasteiger partial charge in [0.15, 0.2) is 12.2 Å². The normalized spacial score (nSPS) is 38.3. The molecule has 0 unspecified atom stereocenters. The first kappa shape index (κ1) is 45.6. The van der Waals surface area contributed by atoms with Gasteiger partial charge in [0.05, 0.1) is 40.5 Å². The summed E-state index contributed by atoms with van der Waals surface area (Å²) >= 11 is 0. The molecule has 2 N–H and O–H groups in total. The van der Waals surface area contributed by atoms with E-state index in [9.17, 15) is 29.4 Å². The topological polar surface area (TPSA) is 177 Å². The van der Waals surface area contributed by atoms with Crippen LogP contribution in [0.4, 0.5) is 11.4 Å². The molecule has 0 bridgehead atoms. The largest absolute Gasteiger partial charge is 0.496 e. The van der Waals surface area contributed by atoms with E-state index < -0.39 is 81.0 Å². The molecule has 2 aromatic rings. The molecular weight excluding hydrogens is 861 g/mol. The van der Waals surface area contributed by atoms with Gasteiger partial charge in [0, 0.05) is 105 Å². The van der Waals surface area contributed by atoms with Crippen LogP contribution in [0.1, 0.15) is 75.6 Å². The van der Waals surface area contributed by atoms with Gasteiger partial charge in [0.25, 0.3) is 0 Å². The van der Waals surface area contributed by atoms with Crippen LogP contribution in [0.3, 0.4) is 0 Å². The Labute approximate surface area is 391 Å². The third-order valence-corrected chi connectivity index (χ3v) is 18.0. The maximum Gasteiger partial charge on any atom is 0.344 e. The SMILES string of the molecule is CC[C@]12C=CCN3CC[C@@]4(c5cc(Cc6cc7c(cc6OC)N(C)[C@H]6[C@@](O)(C(=O)OC)[C@H](OC(C)=O)[C@]8(CC)C=CCN9CC[C@]76[C@@H]98)c(OC)cc5N(C)[C@H]4[C@@](O)(C(=O)OC)[C@@H]1OC(C)=O)[C@@H]32. The molecule has 67 heavy (non-hydrogen) atoms. The Morgan fingerprint density at radius 2 is 1.01 bits per heavy atom. The molecule has 10 rings (SSSR count). The number of carbonyl (C=O) groups is 4. The molecule has 16 heteroatoms. The average Bonchev–Trinajstić information content (AvgIpc) is 4.04. The van der Waals surface area contributed by atoms with Gasteiger partial charge in [-0.1, -0.05) is 38.2 Å². The summed E-state index contributed by atoms with van der Waals surface area (Å²) < 4.78 is 35.6. The predicted octanol–water partition coefficient (Wildman–Crippen LogP) is 3.19. The fourth-order valence-corrected chi connectivity index (χ4v) is 16.1. The van der Waals surface area contributed by atoms with Gasteiger partial charge >= 0.3 is 23.9 Å². The molecule has 0 aromatic heterocycles. The summed E-state index contributed by atoms with van der Waals surface area (Å²) in [5.74, 6) is -1.75. The molecule has 0 amide bonds. The van der Waals surface area contributed by atoms with Gasteiger partial charge in [-0.15, -0.1) is 0 Å². The second-order valence-corrected chi connectivity index (χ2v) is 20.3. The standard InChI is InChI=1S/C51H64N4O12/c1-11-46-15-13-19-54-21-17-48(38(46)54)32-24-30(36(62-7)26-34(32)52(5)40(48)50(60,44(58)64-9)42(46)66-28(3)56)23-31-25-33-35(27-37(31)63-8)53(6)41-49(33)18-22-55-20-14-16-47(12-2,39(49)55)43(67-29(4)57)51(41,61)45(59)65-10/h13-16,24-27,38-43,60-61H,11-12,17-23H2,1-10H3/t38-,39-,40+,41+,42+,43+,46+,47+,48+,49+,50-,51-/m0/s1. The molecule has 12 atom stereocenters. The summed E-state index contributed by atoms with van der Waals surface area (Å²) in [6.45, 7) is 9.34. The summed E-state index contributed by atoms with van der Waals surface area (Å²) in [6.07, 6.45) is 8.25. The molecule has 0 radical (unpaired) electrons. The van der Waals surface area contributed by atoms with E-state index in [-0.39, 0.29) is 12.1 Å². The maximum absolute atomic E-state index is 14.3. The molecule has 6 aliphatic heterocycles. The first-order chi connectivity index (χ1) is 31.9. The molecule has 16 nitrogen and oxygen atoms in total. The van der Waals surface area contributed by atoms with Gasteiger partial charge in [-0.2, -0.15) is 0 Å². The van der Waals surface area contributed by atoms with E-state index in [1.54, 1.807) is 14.2 Å². The van der Waals surface area contributed by atoms with Crippen LogP contribution < -0.4 is 19.3 Å². The van der Waals surface area contributed by atoms with Crippen molar-refractivity contribution in [2.24, 2.45) is 10.8 Å². The third-order valence-electron chi connectivity index (χ3n) is 18.0. The lowest BCUT2D eigenvalue weighted by atomic mass is 9.47. The highest BCUT2D eigenvalue weighted by Gasteiger charge is 2.82. The number of hydrogen-bond acceptors (Lipinski definition) is 16. The molecule has 360 valence electrons. The Kier molecular flexibility index (Phi) is 10.3. The number of nitrogens with zero attached hydrogens (tertiary/aromatic N) is 4. The number of fused-ring (bicyclic) bond motifs is 2. The van der Waals surface area contributed by atoms with Crippen LogP contribution in [-0.2, 0) is 55.4 Å². The van der Waals surface area contributed by atoms with Gasteiger partial charge in [-0.25, -0.2) is 9.59 Å². The number of likely N-dealkylation sites (N-methyl/N-ethyl adjacent to an activating group) is 2. The van der Waals surface area contributed by atoms with Gasteiger partial charge in [0.2, 0.25) is 11.2 Å². The fourth-order valence-electron chi connectivity index (χ4n) is 16.1. The monoisotopic (exact) mass is 924 g/mol. The van der Waals surface area contributed by atoms with E-state index in [1.165, 1.54) is 28.1 Å². The maximum atomic E-state index is 14.3. The predicted molar refractivity (Wildman–Crippen MR) is 245 cm³/mol. The van der Waals surface area contributed by atoms with Crippen molar-refractivity contribution in [3.63, 3.8) is 0 Å². The Balaban J connectivity index is 1.16. The number of esters is 4. The smallest absolute Gasteiger partial charge is 0.344 e. The van der Waals surface area contributed by atoms with Crippen molar-refractivity contribution in [3.8, 4) is 11.5 Å². The second kappa shape index (κ2) is 15.2. The van der Waals surface area contributed by atoms with Crippen molar-refractivity contribution in [2.75, 3.05) is 78.5 Å². The van der Waals surface area contributed by atoms with E-state index >= 15 is 0 Å². The van der Waals surface area contributed by atoms with E-state index in [2.05, 4.69) is 46.2 Å². The summed E-state index contributed by atoms with van der Waals surface area (Å²) in [5, 5.41) is 26.5. The summed E-state index contributed by atoms with van der Waals surface area (Å²) in [4.78, 5) is 63.4. The van der Waals surface area contributed by atoms with Crippen LogP contribution in [0.5, 0.6) is 11.5 Å². The van der Waals surface area contributed by atoms with Crippen molar-refractivity contribution in [1.29, 1.82) is 0 Å². The lowest BCUT2D eigenvalue weighted by Crippen LogP contribution is -2.81. The highest BCUT2D eigenvalue weighted by atomic mass is 16.6. The quantitative estimate of drug-likeness (QED) is 0.202. The Morgan fingerprint density at radius 1 is 0.627 bits per heavy atom. The van der Waals surface area contributed by atoms with Gasteiger partial charge in [-0.3, -0.25) is 19.4 Å². The summed E-state index contributed by atoms with van der Waals surface area (Å²) in [5.41, 5.74) is -2.90. The van der Waals surface area contributed by atoms with Crippen molar-refractivity contribution >= 4 is 35.3 Å². The zero-order valence-electron chi connectivity index (χ0n) is 40.2. The lowest BCUT2D eigenvalue weighted by molar-refractivity contribution is -0.229. The Bertz CT molecular complexity index is 2360. The van der Waals surface area contributed by atoms with Gasteiger partial charge in [-0.05, 0) is 73.2 Å². The van der Waals surface area contributed by atoms with Crippen LogP contribution in [0.25, 0.3) is 0 Å². The molecule has 2 aliphatic carbocycles. The number of carbonyl (C=O) groups excluding carboxylic acids is 4. The fraction of sp³-hybridized carbons (Fsp3) is 0.608. The highest BCUT2D eigenvalue weighted by molar-refractivity contribution is 5.88. The average molecular weight is 925 g/mol. The number of benzene rings is 2. The molecule has 2 spiro atoms.